The molecule has 0 bridgehead atoms. The van der Waals surface area contributed by atoms with Crippen molar-refractivity contribution in [2.45, 2.75) is 25.7 Å². The fourth-order valence-corrected chi connectivity index (χ4v) is 3.85. The van der Waals surface area contributed by atoms with E-state index in [2.05, 4.69) is 36.7 Å². The van der Waals surface area contributed by atoms with Crippen molar-refractivity contribution >= 4 is 32.3 Å². The van der Waals surface area contributed by atoms with Gasteiger partial charge < -0.3 is 15.0 Å². The molecule has 2 aromatic heterocycles. The van der Waals surface area contributed by atoms with Crippen molar-refractivity contribution in [3.05, 3.63) is 54.4 Å². The van der Waals surface area contributed by atoms with Gasteiger partial charge in [0.25, 0.3) is 0 Å². The molecule has 3 aromatic rings. The van der Waals surface area contributed by atoms with Crippen LogP contribution in [0.4, 0.5) is 15.9 Å². The van der Waals surface area contributed by atoms with Crippen molar-refractivity contribution in [3.8, 4) is 11.3 Å². The lowest BCUT2D eigenvalue weighted by Gasteiger charge is -2.29. The van der Waals surface area contributed by atoms with E-state index in [9.17, 15) is 4.39 Å². The fraction of sp³-hybridized carbons (Fsp3) is 0.318. The Morgan fingerprint density at radius 3 is 2.71 bits per heavy atom. The second kappa shape index (κ2) is 11.0. The zero-order valence-corrected chi connectivity index (χ0v) is 18.8. The number of aromatic nitrogens is 4. The Morgan fingerprint density at radius 1 is 1.23 bits per heavy atom. The molecule has 7 nitrogen and oxygen atoms in total. The number of halogens is 1. The highest BCUT2D eigenvalue weighted by molar-refractivity contribution is 7.27. The number of piperidine rings is 1. The normalized spacial score (nSPS) is 16.2. The van der Waals surface area contributed by atoms with Crippen LogP contribution in [0.25, 0.3) is 11.3 Å². The number of rotatable bonds is 4. The average molecular weight is 440 g/mol. The lowest BCUT2D eigenvalue weighted by Crippen LogP contribution is -2.31. The summed E-state index contributed by atoms with van der Waals surface area (Å²) in [5.74, 6) is 1.40. The molecule has 0 saturated carbocycles. The minimum atomic E-state index is -0.295. The predicted molar refractivity (Wildman–Crippen MR) is 123 cm³/mol. The lowest BCUT2D eigenvalue weighted by molar-refractivity contribution is -0.106. The van der Waals surface area contributed by atoms with Crippen LogP contribution in [0.15, 0.2) is 42.7 Å². The zero-order chi connectivity index (χ0) is 22.2. The minimum absolute atomic E-state index is 0.263. The Morgan fingerprint density at radius 2 is 2.03 bits per heavy atom. The maximum atomic E-state index is 13.8. The molecule has 2 atom stereocenters. The monoisotopic (exact) mass is 440 g/mol. The molecule has 3 heterocycles. The van der Waals surface area contributed by atoms with E-state index in [4.69, 9.17) is 14.8 Å². The molecule has 162 valence electrons. The molecule has 31 heavy (non-hydrogen) atoms. The lowest BCUT2D eigenvalue weighted by atomic mass is 9.97. The molecule has 4 rings (SSSR count). The predicted octanol–water partition coefficient (Wildman–Crippen LogP) is 3.33. The first kappa shape index (κ1) is 22.8. The first-order chi connectivity index (χ1) is 15.0. The Balaban J connectivity index is 0.000000858. The summed E-state index contributed by atoms with van der Waals surface area (Å²) in [6.07, 6.45) is 6.25. The number of nitrogens with zero attached hydrogens (tertiary/aromatic N) is 5. The van der Waals surface area contributed by atoms with Crippen molar-refractivity contribution < 1.29 is 9.18 Å². The third-order valence-corrected chi connectivity index (χ3v) is 5.14. The van der Waals surface area contributed by atoms with Crippen LogP contribution in [-0.4, -0.2) is 51.5 Å². The summed E-state index contributed by atoms with van der Waals surface area (Å²) < 4.78 is 13.8. The van der Waals surface area contributed by atoms with Gasteiger partial charge in [-0.15, -0.1) is 9.24 Å². The molecule has 0 radical (unpaired) electrons. The van der Waals surface area contributed by atoms with Crippen LogP contribution in [0.5, 0.6) is 0 Å². The Hall–Kier alpha value is -2.83. The zero-order valence-electron chi connectivity index (χ0n) is 17.6. The maximum absolute atomic E-state index is 13.8. The summed E-state index contributed by atoms with van der Waals surface area (Å²) >= 11 is 0. The van der Waals surface area contributed by atoms with E-state index in [0.29, 0.717) is 11.5 Å². The van der Waals surface area contributed by atoms with Gasteiger partial charge in [0.1, 0.15) is 23.7 Å². The van der Waals surface area contributed by atoms with Crippen molar-refractivity contribution in [3.63, 3.8) is 0 Å². The van der Waals surface area contributed by atoms with E-state index in [1.54, 1.807) is 12.4 Å². The topological polar surface area (TPSA) is 83.9 Å². The Labute approximate surface area is 183 Å². The van der Waals surface area contributed by atoms with Gasteiger partial charge in [-0.3, -0.25) is 0 Å². The van der Waals surface area contributed by atoms with Gasteiger partial charge in [-0.1, -0.05) is 0 Å². The number of likely N-dealkylation sites (N-methyl/N-ethyl adjacent to an activating group) is 1. The molecule has 1 aliphatic rings. The highest BCUT2D eigenvalue weighted by atomic mass is 31.0. The highest BCUT2D eigenvalue weighted by Crippen LogP contribution is 2.28. The number of carbonyl (C=O) groups excluding carboxylic acids is 1. The van der Waals surface area contributed by atoms with Crippen molar-refractivity contribution in [1.82, 2.24) is 25.1 Å². The molecular formula is C22H26FN6OP. The molecular weight excluding hydrogens is 414 g/mol. The fourth-order valence-electron chi connectivity index (χ4n) is 3.51. The van der Waals surface area contributed by atoms with E-state index in [0.717, 1.165) is 54.6 Å². The highest BCUT2D eigenvalue weighted by Gasteiger charge is 2.22. The van der Waals surface area contributed by atoms with Crippen LogP contribution in [0, 0.1) is 5.82 Å². The van der Waals surface area contributed by atoms with Crippen LogP contribution in [0.3, 0.4) is 0 Å². The summed E-state index contributed by atoms with van der Waals surface area (Å²) in [6.45, 7) is 3.46. The van der Waals surface area contributed by atoms with Gasteiger partial charge in [-0.05, 0) is 62.9 Å². The molecule has 0 spiro atoms. The molecule has 1 aliphatic heterocycles. The number of hydrogen-bond acceptors (Lipinski definition) is 7. The summed E-state index contributed by atoms with van der Waals surface area (Å²) in [5, 5.41) is 11.8. The number of likely N-dealkylation sites (tertiary alicyclic amines) is 1. The second-order valence-electron chi connectivity index (χ2n) is 7.36. The van der Waals surface area contributed by atoms with Gasteiger partial charge in [-0.2, -0.15) is 10.2 Å². The van der Waals surface area contributed by atoms with E-state index < -0.39 is 0 Å². The van der Waals surface area contributed by atoms with Crippen LogP contribution < -0.4 is 10.6 Å². The largest absolute Gasteiger partial charge is 0.340 e. The van der Waals surface area contributed by atoms with Crippen LogP contribution in [-0.2, 0) is 4.79 Å². The van der Waals surface area contributed by atoms with Gasteiger partial charge in [-0.25, -0.2) is 14.4 Å². The Kier molecular flexibility index (Phi) is 8.09. The Bertz CT molecular complexity index is 1000. The van der Waals surface area contributed by atoms with E-state index in [1.807, 2.05) is 18.2 Å². The van der Waals surface area contributed by atoms with Crippen molar-refractivity contribution in [1.29, 1.82) is 0 Å². The van der Waals surface area contributed by atoms with Crippen molar-refractivity contribution in [2.24, 2.45) is 0 Å². The number of anilines is 2. The molecule has 1 aromatic carbocycles. The van der Waals surface area contributed by atoms with Crippen LogP contribution in [0.1, 0.15) is 31.5 Å². The van der Waals surface area contributed by atoms with Gasteiger partial charge >= 0.3 is 0 Å². The first-order valence-corrected chi connectivity index (χ1v) is 10.6. The molecule has 1 saturated heterocycles. The summed E-state index contributed by atoms with van der Waals surface area (Å²) in [5.41, 5.74) is 2.30. The SMILES string of the molecule is CC=O.CN1CCCC(c2nc(Nc3cc(F)cc(P)c3)cc(-c3ccnnc3)n2)C1. The molecule has 9 heteroatoms. The van der Waals surface area contributed by atoms with Gasteiger partial charge in [0.05, 0.1) is 18.1 Å². The van der Waals surface area contributed by atoms with Gasteiger partial charge in [0.15, 0.2) is 0 Å². The van der Waals surface area contributed by atoms with Crippen LogP contribution in [0.2, 0.25) is 0 Å². The number of benzene rings is 1. The van der Waals surface area contributed by atoms with Gasteiger partial charge in [0.2, 0.25) is 0 Å². The number of hydrogen-bond donors (Lipinski definition) is 1. The standard InChI is InChI=1S/C20H22FN6P.C2H4O/c1-27-6-2-3-14(12-27)20-25-18(13-4-5-22-23-11-13)10-19(26-20)24-16-7-15(21)8-17(28)9-16;1-2-3/h4-5,7-11,14H,2-3,6,12,28H2,1H3,(H,24,25,26);2H,1H3. The van der Waals surface area contributed by atoms with Gasteiger partial charge in [0, 0.05) is 29.8 Å². The molecule has 2 unspecified atom stereocenters. The maximum Gasteiger partial charge on any atom is 0.135 e. The smallest absolute Gasteiger partial charge is 0.135 e. The molecule has 1 fully saturated rings. The number of carbonyl (C=O) groups is 1. The first-order valence-electron chi connectivity index (χ1n) is 10.1. The third kappa shape index (κ3) is 6.57. The van der Waals surface area contributed by atoms with E-state index in [1.165, 1.54) is 19.1 Å². The number of aldehydes is 1. The van der Waals surface area contributed by atoms with E-state index >= 15 is 0 Å². The molecule has 0 amide bonds. The average Bonchev–Trinajstić information content (AvgIpc) is 2.74. The minimum Gasteiger partial charge on any atom is -0.340 e. The van der Waals surface area contributed by atoms with E-state index in [-0.39, 0.29) is 11.7 Å². The second-order valence-corrected chi connectivity index (χ2v) is 8.03. The van der Waals surface area contributed by atoms with Crippen molar-refractivity contribution in [2.75, 3.05) is 25.5 Å². The van der Waals surface area contributed by atoms with Crippen LogP contribution >= 0.6 is 9.24 Å². The number of nitrogens with one attached hydrogen (secondary N) is 1. The molecule has 0 aliphatic carbocycles. The molecule has 1 N–H and O–H groups in total. The quantitative estimate of drug-likeness (QED) is 0.492. The summed E-state index contributed by atoms with van der Waals surface area (Å²) in [7, 11) is 4.64. The summed E-state index contributed by atoms with van der Waals surface area (Å²) in [6, 6.07) is 8.52. The summed E-state index contributed by atoms with van der Waals surface area (Å²) in [4.78, 5) is 20.7. The third-order valence-electron chi connectivity index (χ3n) is 4.81.